The average molecular weight is 328 g/mol. The molecular weight excluding hydrogens is 306 g/mol. The highest BCUT2D eigenvalue weighted by Crippen LogP contribution is 2.30. The highest BCUT2D eigenvalue weighted by atomic mass is 19.2. The number of benzene rings is 1. The van der Waals surface area contributed by atoms with Crippen LogP contribution in [-0.2, 0) is 4.74 Å². The first-order valence-electron chi connectivity index (χ1n) is 7.48. The summed E-state index contributed by atoms with van der Waals surface area (Å²) in [6, 6.07) is 2.90. The van der Waals surface area contributed by atoms with Gasteiger partial charge in [-0.3, -0.25) is 0 Å². The number of carbonyl (C=O) groups is 1. The SMILES string of the molecule is CN(CC(C)(C)O)C(=O)N[C@@H]1CCO[C@@H]1c1ccc(F)c(F)c1. The summed E-state index contributed by atoms with van der Waals surface area (Å²) in [6.45, 7) is 3.81. The first-order valence-corrected chi connectivity index (χ1v) is 7.48. The van der Waals surface area contributed by atoms with Crippen LogP contribution in [0.1, 0.15) is 31.9 Å². The zero-order chi connectivity index (χ0) is 17.2. The van der Waals surface area contributed by atoms with Gasteiger partial charge in [-0.15, -0.1) is 0 Å². The van der Waals surface area contributed by atoms with Gasteiger partial charge < -0.3 is 20.1 Å². The lowest BCUT2D eigenvalue weighted by molar-refractivity contribution is 0.0516. The highest BCUT2D eigenvalue weighted by molar-refractivity contribution is 5.74. The third kappa shape index (κ3) is 4.62. The van der Waals surface area contributed by atoms with Crippen molar-refractivity contribution >= 4 is 6.03 Å². The molecule has 2 atom stereocenters. The number of aliphatic hydroxyl groups is 1. The van der Waals surface area contributed by atoms with E-state index >= 15 is 0 Å². The third-order valence-corrected chi connectivity index (χ3v) is 3.64. The zero-order valence-corrected chi connectivity index (χ0v) is 13.5. The molecule has 7 heteroatoms. The van der Waals surface area contributed by atoms with Gasteiger partial charge in [0.15, 0.2) is 11.6 Å². The molecule has 0 aliphatic carbocycles. The summed E-state index contributed by atoms with van der Waals surface area (Å²) in [5, 5.41) is 12.6. The summed E-state index contributed by atoms with van der Waals surface area (Å²) >= 11 is 0. The molecule has 1 aliphatic rings. The average Bonchev–Trinajstić information content (AvgIpc) is 2.88. The molecule has 1 aromatic carbocycles. The molecule has 23 heavy (non-hydrogen) atoms. The van der Waals surface area contributed by atoms with Gasteiger partial charge in [0.05, 0.1) is 18.2 Å². The van der Waals surface area contributed by atoms with Crippen LogP contribution in [0.15, 0.2) is 18.2 Å². The van der Waals surface area contributed by atoms with Crippen LogP contribution in [0.5, 0.6) is 0 Å². The van der Waals surface area contributed by atoms with Gasteiger partial charge in [0, 0.05) is 13.7 Å². The molecule has 2 N–H and O–H groups in total. The van der Waals surface area contributed by atoms with Gasteiger partial charge in [-0.25, -0.2) is 13.6 Å². The van der Waals surface area contributed by atoms with Crippen LogP contribution in [0.3, 0.4) is 0 Å². The smallest absolute Gasteiger partial charge is 0.317 e. The molecular formula is C16H22F2N2O3. The van der Waals surface area contributed by atoms with Crippen LogP contribution < -0.4 is 5.32 Å². The Hall–Kier alpha value is -1.73. The van der Waals surface area contributed by atoms with Gasteiger partial charge in [0.25, 0.3) is 0 Å². The Bertz CT molecular complexity index is 575. The lowest BCUT2D eigenvalue weighted by atomic mass is 10.0. The summed E-state index contributed by atoms with van der Waals surface area (Å²) in [5.41, 5.74) is -0.519. The number of halogens is 2. The quantitative estimate of drug-likeness (QED) is 0.891. The van der Waals surface area contributed by atoms with Crippen molar-refractivity contribution in [1.82, 2.24) is 10.2 Å². The molecule has 1 aromatic rings. The summed E-state index contributed by atoms with van der Waals surface area (Å²) < 4.78 is 32.0. The van der Waals surface area contributed by atoms with Crippen molar-refractivity contribution in [2.45, 2.75) is 38.0 Å². The number of nitrogens with one attached hydrogen (secondary N) is 1. The molecule has 0 spiro atoms. The predicted octanol–water partition coefficient (Wildman–Crippen LogP) is 2.21. The van der Waals surface area contributed by atoms with Crippen molar-refractivity contribution in [3.8, 4) is 0 Å². The van der Waals surface area contributed by atoms with E-state index in [2.05, 4.69) is 5.32 Å². The number of ether oxygens (including phenoxy) is 1. The molecule has 0 unspecified atom stereocenters. The van der Waals surface area contributed by atoms with Crippen molar-refractivity contribution in [3.05, 3.63) is 35.4 Å². The summed E-state index contributed by atoms with van der Waals surface area (Å²) in [5.74, 6) is -1.86. The fourth-order valence-corrected chi connectivity index (χ4v) is 2.68. The fraction of sp³-hybridized carbons (Fsp3) is 0.562. The number of amides is 2. The van der Waals surface area contributed by atoms with Crippen LogP contribution in [0.25, 0.3) is 0 Å². The van der Waals surface area contributed by atoms with Crippen LogP contribution >= 0.6 is 0 Å². The maximum atomic E-state index is 13.4. The zero-order valence-electron chi connectivity index (χ0n) is 13.5. The van der Waals surface area contributed by atoms with E-state index in [1.165, 1.54) is 11.0 Å². The van der Waals surface area contributed by atoms with Crippen LogP contribution in [0, 0.1) is 11.6 Å². The third-order valence-electron chi connectivity index (χ3n) is 3.64. The van der Waals surface area contributed by atoms with E-state index in [-0.39, 0.29) is 18.6 Å². The Morgan fingerprint density at radius 2 is 2.13 bits per heavy atom. The van der Waals surface area contributed by atoms with E-state index in [0.717, 1.165) is 12.1 Å². The lowest BCUT2D eigenvalue weighted by Crippen LogP contribution is -2.48. The summed E-state index contributed by atoms with van der Waals surface area (Å²) in [4.78, 5) is 13.6. The Labute approximate surface area is 134 Å². The van der Waals surface area contributed by atoms with E-state index in [9.17, 15) is 18.7 Å². The van der Waals surface area contributed by atoms with E-state index < -0.39 is 23.3 Å². The maximum absolute atomic E-state index is 13.4. The molecule has 5 nitrogen and oxygen atoms in total. The Morgan fingerprint density at radius 1 is 1.43 bits per heavy atom. The van der Waals surface area contributed by atoms with E-state index in [4.69, 9.17) is 4.74 Å². The molecule has 1 fully saturated rings. The molecule has 2 amide bonds. The van der Waals surface area contributed by atoms with Crippen molar-refractivity contribution in [2.75, 3.05) is 20.2 Å². The molecule has 0 bridgehead atoms. The molecule has 0 saturated carbocycles. The molecule has 0 radical (unpaired) electrons. The standard InChI is InChI=1S/C16H22F2N2O3/c1-16(2,22)9-20(3)15(21)19-13-6-7-23-14(13)10-4-5-11(17)12(18)8-10/h4-5,8,13-14,22H,6-7,9H2,1-3H3,(H,19,21)/t13-,14-/m1/s1. The van der Waals surface area contributed by atoms with Gasteiger partial charge >= 0.3 is 6.03 Å². The number of nitrogens with zero attached hydrogens (tertiary/aromatic N) is 1. The number of urea groups is 1. The van der Waals surface area contributed by atoms with Gasteiger partial charge in [-0.2, -0.15) is 0 Å². The van der Waals surface area contributed by atoms with Gasteiger partial charge in [-0.05, 0) is 38.0 Å². The van der Waals surface area contributed by atoms with Gasteiger partial charge in [-0.1, -0.05) is 6.07 Å². The van der Waals surface area contributed by atoms with E-state index in [0.29, 0.717) is 18.6 Å². The van der Waals surface area contributed by atoms with Crippen molar-refractivity contribution in [3.63, 3.8) is 0 Å². The first kappa shape index (κ1) is 17.6. The Morgan fingerprint density at radius 3 is 2.74 bits per heavy atom. The minimum Gasteiger partial charge on any atom is -0.389 e. The lowest BCUT2D eigenvalue weighted by Gasteiger charge is -2.28. The minimum absolute atomic E-state index is 0.169. The second-order valence-electron chi connectivity index (χ2n) is 6.48. The second-order valence-corrected chi connectivity index (χ2v) is 6.48. The number of likely N-dealkylation sites (N-methyl/N-ethyl adjacent to an activating group) is 1. The van der Waals surface area contributed by atoms with E-state index in [1.54, 1.807) is 20.9 Å². The molecule has 1 heterocycles. The maximum Gasteiger partial charge on any atom is 0.317 e. The second kappa shape index (κ2) is 6.80. The highest BCUT2D eigenvalue weighted by Gasteiger charge is 2.32. The number of carbonyl (C=O) groups excluding carboxylic acids is 1. The molecule has 1 saturated heterocycles. The predicted molar refractivity (Wildman–Crippen MR) is 80.9 cm³/mol. The van der Waals surface area contributed by atoms with Crippen LogP contribution in [-0.4, -0.2) is 47.9 Å². The molecule has 128 valence electrons. The Kier molecular flexibility index (Phi) is 5.21. The number of hydrogen-bond donors (Lipinski definition) is 2. The largest absolute Gasteiger partial charge is 0.389 e. The van der Waals surface area contributed by atoms with Gasteiger partial charge in [0.1, 0.15) is 6.10 Å². The molecule has 1 aliphatic heterocycles. The van der Waals surface area contributed by atoms with Gasteiger partial charge in [0.2, 0.25) is 0 Å². The number of hydrogen-bond acceptors (Lipinski definition) is 3. The number of rotatable bonds is 4. The van der Waals surface area contributed by atoms with E-state index in [1.807, 2.05) is 0 Å². The van der Waals surface area contributed by atoms with Crippen LogP contribution in [0.4, 0.5) is 13.6 Å². The normalized spacial score (nSPS) is 21.3. The monoisotopic (exact) mass is 328 g/mol. The minimum atomic E-state index is -1.00. The first-order chi connectivity index (χ1) is 10.7. The van der Waals surface area contributed by atoms with Crippen molar-refractivity contribution in [2.24, 2.45) is 0 Å². The summed E-state index contributed by atoms with van der Waals surface area (Å²) in [6.07, 6.45) is 0.0516. The molecule has 2 rings (SSSR count). The topological polar surface area (TPSA) is 61.8 Å². The van der Waals surface area contributed by atoms with Crippen LogP contribution in [0.2, 0.25) is 0 Å². The Balaban J connectivity index is 2.04. The molecule has 0 aromatic heterocycles. The van der Waals surface area contributed by atoms with Crippen molar-refractivity contribution < 1.29 is 23.4 Å². The summed E-state index contributed by atoms with van der Waals surface area (Å²) in [7, 11) is 1.58. The van der Waals surface area contributed by atoms with Crippen molar-refractivity contribution in [1.29, 1.82) is 0 Å². The fourth-order valence-electron chi connectivity index (χ4n) is 2.68.